The van der Waals surface area contributed by atoms with Gasteiger partial charge in [-0.1, -0.05) is 30.3 Å². The lowest BCUT2D eigenvalue weighted by atomic mass is 9.96. The Morgan fingerprint density at radius 1 is 1.23 bits per heavy atom. The number of halogens is 1. The lowest BCUT2D eigenvalue weighted by molar-refractivity contribution is -0.120. The largest absolute Gasteiger partial charge is 0.369 e. The van der Waals surface area contributed by atoms with Gasteiger partial charge in [0.25, 0.3) is 0 Å². The number of nitrogens with two attached hydrogens (primary N) is 1. The molecule has 0 bridgehead atoms. The van der Waals surface area contributed by atoms with Crippen molar-refractivity contribution in [1.29, 1.82) is 0 Å². The van der Waals surface area contributed by atoms with Crippen molar-refractivity contribution in [2.75, 3.05) is 0 Å². The smallest absolute Gasteiger partial charge is 0.228 e. The molecule has 0 radical (unpaired) electrons. The fourth-order valence-electron chi connectivity index (χ4n) is 1.56. The number of hydrogen-bond donors (Lipinski definition) is 1. The molecule has 0 aromatic heterocycles. The molecular formula is C10H12ClNO. The van der Waals surface area contributed by atoms with Gasteiger partial charge in [0.15, 0.2) is 0 Å². The highest BCUT2D eigenvalue weighted by Gasteiger charge is 2.49. The number of carbonyl (C=O) groups is 1. The van der Waals surface area contributed by atoms with Crippen LogP contribution in [-0.4, -0.2) is 5.91 Å². The first-order chi connectivity index (χ1) is 5.76. The van der Waals surface area contributed by atoms with Gasteiger partial charge in [-0.2, -0.15) is 0 Å². The van der Waals surface area contributed by atoms with Crippen LogP contribution in [0, 0.1) is 0 Å². The van der Waals surface area contributed by atoms with E-state index in [0.717, 1.165) is 18.4 Å². The molecule has 1 aliphatic carbocycles. The molecule has 1 saturated carbocycles. The number of benzene rings is 1. The molecule has 0 heterocycles. The van der Waals surface area contributed by atoms with Crippen molar-refractivity contribution in [3.05, 3.63) is 35.9 Å². The van der Waals surface area contributed by atoms with Gasteiger partial charge in [-0.15, -0.1) is 12.4 Å². The summed E-state index contributed by atoms with van der Waals surface area (Å²) in [6, 6.07) is 9.77. The van der Waals surface area contributed by atoms with Crippen LogP contribution in [0.3, 0.4) is 0 Å². The molecule has 1 aromatic rings. The number of carbonyl (C=O) groups excluding carboxylic acids is 1. The zero-order valence-corrected chi connectivity index (χ0v) is 8.01. The van der Waals surface area contributed by atoms with Crippen LogP contribution in [0.4, 0.5) is 0 Å². The van der Waals surface area contributed by atoms with E-state index >= 15 is 0 Å². The summed E-state index contributed by atoms with van der Waals surface area (Å²) in [7, 11) is 0. The van der Waals surface area contributed by atoms with Gasteiger partial charge in [0, 0.05) is 0 Å². The first kappa shape index (κ1) is 10.1. The number of primary amides is 1. The molecule has 13 heavy (non-hydrogen) atoms. The second-order valence-corrected chi connectivity index (χ2v) is 3.31. The Morgan fingerprint density at radius 3 is 2.15 bits per heavy atom. The van der Waals surface area contributed by atoms with E-state index in [4.69, 9.17) is 5.73 Å². The quantitative estimate of drug-likeness (QED) is 0.770. The molecule has 0 saturated heterocycles. The van der Waals surface area contributed by atoms with E-state index in [1.807, 2.05) is 30.3 Å². The van der Waals surface area contributed by atoms with Gasteiger partial charge in [0.05, 0.1) is 5.41 Å². The van der Waals surface area contributed by atoms with Crippen molar-refractivity contribution >= 4 is 18.3 Å². The molecule has 0 unspecified atom stereocenters. The summed E-state index contributed by atoms with van der Waals surface area (Å²) in [5, 5.41) is 0. The second-order valence-electron chi connectivity index (χ2n) is 3.31. The van der Waals surface area contributed by atoms with Crippen LogP contribution in [-0.2, 0) is 10.2 Å². The Morgan fingerprint density at radius 2 is 1.77 bits per heavy atom. The second kappa shape index (κ2) is 3.38. The molecule has 0 atom stereocenters. The highest BCUT2D eigenvalue weighted by molar-refractivity contribution is 5.89. The maximum atomic E-state index is 11.1. The summed E-state index contributed by atoms with van der Waals surface area (Å²) < 4.78 is 0. The molecule has 1 aromatic carbocycles. The van der Waals surface area contributed by atoms with Gasteiger partial charge in [-0.25, -0.2) is 0 Å². The minimum atomic E-state index is -0.318. The first-order valence-electron chi connectivity index (χ1n) is 4.11. The van der Waals surface area contributed by atoms with Crippen LogP contribution in [0.1, 0.15) is 18.4 Å². The molecular weight excluding hydrogens is 186 g/mol. The zero-order chi connectivity index (χ0) is 8.60. The standard InChI is InChI=1S/C10H11NO.ClH/c11-9(12)10(6-7-10)8-4-2-1-3-5-8;/h1-5H,6-7H2,(H2,11,12);1H. The van der Waals surface area contributed by atoms with Crippen LogP contribution in [0.15, 0.2) is 30.3 Å². The predicted octanol–water partition coefficient (Wildman–Crippen LogP) is 1.63. The third-order valence-electron chi connectivity index (χ3n) is 2.55. The van der Waals surface area contributed by atoms with E-state index in [1.54, 1.807) is 0 Å². The van der Waals surface area contributed by atoms with E-state index in [1.165, 1.54) is 0 Å². The highest BCUT2D eigenvalue weighted by atomic mass is 35.5. The molecule has 1 amide bonds. The third kappa shape index (κ3) is 1.54. The van der Waals surface area contributed by atoms with Gasteiger partial charge in [-0.05, 0) is 18.4 Å². The van der Waals surface area contributed by atoms with Crippen molar-refractivity contribution in [3.63, 3.8) is 0 Å². The Labute approximate surface area is 83.5 Å². The summed E-state index contributed by atoms with van der Waals surface area (Å²) in [5.41, 5.74) is 6.07. The Hall–Kier alpha value is -1.02. The summed E-state index contributed by atoms with van der Waals surface area (Å²) in [4.78, 5) is 11.1. The van der Waals surface area contributed by atoms with E-state index < -0.39 is 0 Å². The Bertz CT molecular complexity index is 306. The maximum absolute atomic E-state index is 11.1. The number of hydrogen-bond acceptors (Lipinski definition) is 1. The van der Waals surface area contributed by atoms with Crippen molar-refractivity contribution < 1.29 is 4.79 Å². The minimum Gasteiger partial charge on any atom is -0.369 e. The van der Waals surface area contributed by atoms with Crippen LogP contribution in [0.25, 0.3) is 0 Å². The normalized spacial score (nSPS) is 17.2. The molecule has 3 heteroatoms. The molecule has 0 spiro atoms. The van der Waals surface area contributed by atoms with Gasteiger partial charge < -0.3 is 5.73 Å². The van der Waals surface area contributed by atoms with Crippen LogP contribution in [0.5, 0.6) is 0 Å². The minimum absolute atomic E-state index is 0. The monoisotopic (exact) mass is 197 g/mol. The lowest BCUT2D eigenvalue weighted by Gasteiger charge is -2.09. The summed E-state index contributed by atoms with van der Waals surface area (Å²) in [6.45, 7) is 0. The third-order valence-corrected chi connectivity index (χ3v) is 2.55. The number of amides is 1. The summed E-state index contributed by atoms with van der Waals surface area (Å²) >= 11 is 0. The summed E-state index contributed by atoms with van der Waals surface area (Å²) in [5.74, 6) is -0.186. The van der Waals surface area contributed by atoms with Gasteiger partial charge in [-0.3, -0.25) is 4.79 Å². The van der Waals surface area contributed by atoms with E-state index in [9.17, 15) is 4.79 Å². The van der Waals surface area contributed by atoms with Gasteiger partial charge in [0.1, 0.15) is 0 Å². The van der Waals surface area contributed by atoms with E-state index in [-0.39, 0.29) is 23.7 Å². The van der Waals surface area contributed by atoms with Crippen LogP contribution >= 0.6 is 12.4 Å². The van der Waals surface area contributed by atoms with Crippen LogP contribution < -0.4 is 5.73 Å². The summed E-state index contributed by atoms with van der Waals surface area (Å²) in [6.07, 6.45) is 1.82. The van der Waals surface area contributed by atoms with E-state index in [2.05, 4.69) is 0 Å². The first-order valence-corrected chi connectivity index (χ1v) is 4.11. The van der Waals surface area contributed by atoms with Gasteiger partial charge >= 0.3 is 0 Å². The molecule has 1 aliphatic rings. The molecule has 1 fully saturated rings. The van der Waals surface area contributed by atoms with Crippen molar-refractivity contribution in [2.45, 2.75) is 18.3 Å². The molecule has 0 aliphatic heterocycles. The maximum Gasteiger partial charge on any atom is 0.228 e. The average Bonchev–Trinajstić information content (AvgIpc) is 2.86. The fraction of sp³-hybridized carbons (Fsp3) is 0.300. The van der Waals surface area contributed by atoms with Crippen molar-refractivity contribution in [3.8, 4) is 0 Å². The predicted molar refractivity (Wildman–Crippen MR) is 53.8 cm³/mol. The molecule has 2 N–H and O–H groups in total. The fourth-order valence-corrected chi connectivity index (χ4v) is 1.56. The average molecular weight is 198 g/mol. The lowest BCUT2D eigenvalue weighted by Crippen LogP contribution is -2.28. The van der Waals surface area contributed by atoms with Crippen molar-refractivity contribution in [1.82, 2.24) is 0 Å². The number of rotatable bonds is 2. The SMILES string of the molecule is Cl.NC(=O)C1(c2ccccc2)CC1. The molecule has 70 valence electrons. The zero-order valence-electron chi connectivity index (χ0n) is 7.19. The Balaban J connectivity index is 0.000000845. The van der Waals surface area contributed by atoms with E-state index in [0.29, 0.717) is 0 Å². The van der Waals surface area contributed by atoms with Crippen molar-refractivity contribution in [2.24, 2.45) is 5.73 Å². The molecule has 2 nitrogen and oxygen atoms in total. The topological polar surface area (TPSA) is 43.1 Å². The van der Waals surface area contributed by atoms with Crippen LogP contribution in [0.2, 0.25) is 0 Å². The molecule has 2 rings (SSSR count). The van der Waals surface area contributed by atoms with Gasteiger partial charge in [0.2, 0.25) is 5.91 Å². The Kier molecular flexibility index (Phi) is 2.62. The highest BCUT2D eigenvalue weighted by Crippen LogP contribution is 2.47.